The predicted octanol–water partition coefficient (Wildman–Crippen LogP) is 4.74. The monoisotopic (exact) mass is 609 g/mol. The van der Waals surface area contributed by atoms with Gasteiger partial charge in [0.25, 0.3) is 0 Å². The van der Waals surface area contributed by atoms with Crippen LogP contribution in [0.2, 0.25) is 0 Å². The SMILES string of the molecule is CC(C)CN(C[C@@H](O)[C@H](Cc1ccccc1)NC(=O)CCCCCCc1ccccn1)S(=O)(=O)c1ccc2c(c1)OCO2. The highest BCUT2D eigenvalue weighted by Crippen LogP contribution is 2.35. The number of carbonyl (C=O) groups excluding carboxylic acids is 1. The van der Waals surface area contributed by atoms with Crippen LogP contribution < -0.4 is 14.8 Å². The first-order valence-electron chi connectivity index (χ1n) is 15.0. The summed E-state index contributed by atoms with van der Waals surface area (Å²) in [4.78, 5) is 17.4. The van der Waals surface area contributed by atoms with E-state index in [0.29, 0.717) is 24.3 Å². The van der Waals surface area contributed by atoms with Gasteiger partial charge in [0.2, 0.25) is 22.7 Å². The Labute approximate surface area is 255 Å². The number of aromatic nitrogens is 1. The first kappa shape index (κ1) is 32.4. The number of rotatable bonds is 17. The zero-order valence-corrected chi connectivity index (χ0v) is 25.8. The molecule has 0 saturated heterocycles. The lowest BCUT2D eigenvalue weighted by molar-refractivity contribution is -0.122. The Morgan fingerprint density at radius 3 is 2.44 bits per heavy atom. The van der Waals surface area contributed by atoms with Crippen molar-refractivity contribution in [1.82, 2.24) is 14.6 Å². The number of nitrogens with zero attached hydrogens (tertiary/aromatic N) is 2. The number of aliphatic hydroxyl groups excluding tert-OH is 1. The molecule has 232 valence electrons. The number of ether oxygens (including phenoxy) is 2. The third kappa shape index (κ3) is 9.77. The standard InChI is InChI=1S/C33H43N3O6S/c1-25(2)22-36(43(39,40)28-17-18-31-32(21-28)42-24-41-31)23-30(37)29(20-26-12-6-5-7-13-26)35-33(38)16-9-4-3-8-14-27-15-10-11-19-34-27/h5-7,10-13,15,17-19,21,25,29-30,37H,3-4,8-9,14,16,20,22-24H2,1-2H3,(H,35,38)/t29-,30+/m0/s1. The van der Waals surface area contributed by atoms with Crippen LogP contribution >= 0.6 is 0 Å². The Balaban J connectivity index is 1.39. The summed E-state index contributed by atoms with van der Waals surface area (Å²) < 4.78 is 39.5. The van der Waals surface area contributed by atoms with Crippen molar-refractivity contribution < 1.29 is 27.8 Å². The highest BCUT2D eigenvalue weighted by molar-refractivity contribution is 7.89. The quantitative estimate of drug-likeness (QED) is 0.212. The predicted molar refractivity (Wildman–Crippen MR) is 165 cm³/mol. The molecule has 2 atom stereocenters. The molecule has 0 fully saturated rings. The van der Waals surface area contributed by atoms with Crippen molar-refractivity contribution in [2.24, 2.45) is 5.92 Å². The maximum atomic E-state index is 13.8. The Morgan fingerprint density at radius 1 is 0.953 bits per heavy atom. The average molecular weight is 610 g/mol. The average Bonchev–Trinajstić information content (AvgIpc) is 3.47. The van der Waals surface area contributed by atoms with Crippen LogP contribution in [0.15, 0.2) is 77.8 Å². The van der Waals surface area contributed by atoms with Crippen LogP contribution in [0.25, 0.3) is 0 Å². The highest BCUT2D eigenvalue weighted by atomic mass is 32.2. The summed E-state index contributed by atoms with van der Waals surface area (Å²) in [6.07, 6.45) is 5.96. The van der Waals surface area contributed by atoms with Crippen molar-refractivity contribution in [2.45, 2.75) is 75.8 Å². The molecule has 43 heavy (non-hydrogen) atoms. The number of benzene rings is 2. The number of aryl methyl sites for hydroxylation is 1. The van der Waals surface area contributed by atoms with E-state index in [1.807, 2.05) is 62.4 Å². The zero-order valence-electron chi connectivity index (χ0n) is 25.0. The number of pyridine rings is 1. The van der Waals surface area contributed by atoms with Crippen LogP contribution in [0.4, 0.5) is 0 Å². The Bertz CT molecular complexity index is 1400. The van der Waals surface area contributed by atoms with E-state index >= 15 is 0 Å². The first-order chi connectivity index (χ1) is 20.7. The summed E-state index contributed by atoms with van der Waals surface area (Å²) in [6, 6.07) is 19.4. The molecular weight excluding hydrogens is 566 g/mol. The van der Waals surface area contributed by atoms with Crippen molar-refractivity contribution in [3.05, 3.63) is 84.2 Å². The van der Waals surface area contributed by atoms with Gasteiger partial charge >= 0.3 is 0 Å². The number of nitrogens with one attached hydrogen (secondary N) is 1. The maximum Gasteiger partial charge on any atom is 0.243 e. The lowest BCUT2D eigenvalue weighted by Crippen LogP contribution is -2.51. The Morgan fingerprint density at radius 2 is 1.70 bits per heavy atom. The van der Waals surface area contributed by atoms with E-state index in [2.05, 4.69) is 10.3 Å². The molecule has 0 aliphatic carbocycles. The van der Waals surface area contributed by atoms with Crippen molar-refractivity contribution in [1.29, 1.82) is 0 Å². The molecule has 2 heterocycles. The summed E-state index contributed by atoms with van der Waals surface area (Å²) in [5, 5.41) is 14.5. The smallest absolute Gasteiger partial charge is 0.243 e. The molecule has 9 nitrogen and oxygen atoms in total. The molecule has 0 unspecified atom stereocenters. The second kappa shape index (κ2) is 15.8. The zero-order chi connectivity index (χ0) is 30.7. The number of carbonyl (C=O) groups is 1. The normalized spacial score (nSPS) is 14.2. The highest BCUT2D eigenvalue weighted by Gasteiger charge is 2.32. The van der Waals surface area contributed by atoms with Gasteiger partial charge in [-0.15, -0.1) is 0 Å². The van der Waals surface area contributed by atoms with Crippen LogP contribution in [-0.4, -0.2) is 60.7 Å². The molecule has 3 aromatic rings. The van der Waals surface area contributed by atoms with E-state index in [1.54, 1.807) is 12.3 Å². The Kier molecular flexibility index (Phi) is 12.0. The molecule has 0 bridgehead atoms. The van der Waals surface area contributed by atoms with Gasteiger partial charge in [-0.25, -0.2) is 8.42 Å². The number of hydrogen-bond acceptors (Lipinski definition) is 7. The lowest BCUT2D eigenvalue weighted by Gasteiger charge is -2.31. The molecule has 10 heteroatoms. The van der Waals surface area contributed by atoms with Crippen LogP contribution in [-0.2, 0) is 27.7 Å². The second-order valence-corrected chi connectivity index (χ2v) is 13.3. The van der Waals surface area contributed by atoms with Gasteiger partial charge in [0.15, 0.2) is 11.5 Å². The van der Waals surface area contributed by atoms with Gasteiger partial charge < -0.3 is 19.9 Å². The number of fused-ring (bicyclic) bond motifs is 1. The van der Waals surface area contributed by atoms with Gasteiger partial charge in [0.1, 0.15) is 0 Å². The molecular formula is C33H43N3O6S. The minimum Gasteiger partial charge on any atom is -0.454 e. The fraction of sp³-hybridized carbons (Fsp3) is 0.455. The van der Waals surface area contributed by atoms with E-state index < -0.39 is 22.2 Å². The van der Waals surface area contributed by atoms with Gasteiger partial charge in [-0.1, -0.05) is 63.1 Å². The molecule has 0 radical (unpaired) electrons. The number of sulfonamides is 1. The van der Waals surface area contributed by atoms with Crippen LogP contribution in [0.3, 0.4) is 0 Å². The van der Waals surface area contributed by atoms with Gasteiger partial charge in [0.05, 0.1) is 17.0 Å². The Hall–Kier alpha value is -3.47. The van der Waals surface area contributed by atoms with Crippen molar-refractivity contribution in [3.8, 4) is 11.5 Å². The van der Waals surface area contributed by atoms with Gasteiger partial charge in [0, 0.05) is 37.5 Å². The molecule has 0 spiro atoms. The number of aliphatic hydroxyl groups is 1. The molecule has 0 saturated carbocycles. The van der Waals surface area contributed by atoms with E-state index in [9.17, 15) is 18.3 Å². The second-order valence-electron chi connectivity index (χ2n) is 11.4. The van der Waals surface area contributed by atoms with E-state index in [-0.39, 0.29) is 36.6 Å². The summed E-state index contributed by atoms with van der Waals surface area (Å²) in [6.45, 7) is 3.93. The molecule has 2 aromatic carbocycles. The minimum atomic E-state index is -3.97. The van der Waals surface area contributed by atoms with Crippen molar-refractivity contribution in [3.63, 3.8) is 0 Å². The number of hydrogen-bond donors (Lipinski definition) is 2. The maximum absolute atomic E-state index is 13.8. The van der Waals surface area contributed by atoms with Gasteiger partial charge in [-0.2, -0.15) is 4.31 Å². The largest absolute Gasteiger partial charge is 0.454 e. The molecule has 1 aliphatic heterocycles. The summed E-state index contributed by atoms with van der Waals surface area (Å²) >= 11 is 0. The molecule has 1 amide bonds. The first-order valence-corrected chi connectivity index (χ1v) is 16.5. The van der Waals surface area contributed by atoms with Crippen LogP contribution in [0.5, 0.6) is 11.5 Å². The van der Waals surface area contributed by atoms with E-state index in [1.165, 1.54) is 16.4 Å². The van der Waals surface area contributed by atoms with Crippen molar-refractivity contribution >= 4 is 15.9 Å². The summed E-state index contributed by atoms with van der Waals surface area (Å²) in [5.41, 5.74) is 2.01. The lowest BCUT2D eigenvalue weighted by atomic mass is 10.0. The van der Waals surface area contributed by atoms with Gasteiger partial charge in [-0.3, -0.25) is 9.78 Å². The topological polar surface area (TPSA) is 118 Å². The molecule has 2 N–H and O–H groups in total. The van der Waals surface area contributed by atoms with E-state index in [0.717, 1.165) is 43.4 Å². The third-order valence-corrected chi connectivity index (χ3v) is 9.19. The third-order valence-electron chi connectivity index (χ3n) is 7.36. The summed E-state index contributed by atoms with van der Waals surface area (Å²) in [5.74, 6) is 0.722. The summed E-state index contributed by atoms with van der Waals surface area (Å²) in [7, 11) is -3.97. The van der Waals surface area contributed by atoms with Gasteiger partial charge in [-0.05, 0) is 61.4 Å². The minimum absolute atomic E-state index is 0.0100. The van der Waals surface area contributed by atoms with Crippen molar-refractivity contribution in [2.75, 3.05) is 19.9 Å². The number of unbranched alkanes of at least 4 members (excludes halogenated alkanes) is 3. The fourth-order valence-corrected chi connectivity index (χ4v) is 6.76. The van der Waals surface area contributed by atoms with Crippen LogP contribution in [0, 0.1) is 5.92 Å². The van der Waals surface area contributed by atoms with E-state index in [4.69, 9.17) is 9.47 Å². The van der Waals surface area contributed by atoms with Crippen LogP contribution in [0.1, 0.15) is 57.2 Å². The fourth-order valence-electron chi connectivity index (χ4n) is 5.12. The molecule has 4 rings (SSSR count). The molecule has 1 aliphatic rings. The molecule has 1 aromatic heterocycles. The number of amides is 1.